The van der Waals surface area contributed by atoms with Gasteiger partial charge in [0, 0.05) is 22.0 Å². The minimum atomic E-state index is -0.104. The van der Waals surface area contributed by atoms with Crippen molar-refractivity contribution in [3.8, 4) is 5.69 Å². The Balaban J connectivity index is 1.38. The monoisotopic (exact) mass is 366 g/mol. The van der Waals surface area contributed by atoms with Crippen LogP contribution >= 0.6 is 11.3 Å². The Bertz CT molecular complexity index is 911. The van der Waals surface area contributed by atoms with E-state index < -0.39 is 0 Å². The Morgan fingerprint density at radius 3 is 2.69 bits per heavy atom. The molecule has 6 nitrogen and oxygen atoms in total. The molecule has 26 heavy (non-hydrogen) atoms. The van der Waals surface area contributed by atoms with Crippen LogP contribution in [-0.4, -0.2) is 21.4 Å². The Kier molecular flexibility index (Phi) is 4.53. The molecule has 0 bridgehead atoms. The lowest BCUT2D eigenvalue weighted by molar-refractivity contribution is -0.117. The number of rotatable bonds is 6. The number of anilines is 1. The van der Waals surface area contributed by atoms with E-state index in [1.165, 1.54) is 0 Å². The van der Waals surface area contributed by atoms with Crippen molar-refractivity contribution in [3.05, 3.63) is 64.7 Å². The van der Waals surface area contributed by atoms with Crippen LogP contribution in [0.3, 0.4) is 0 Å². The Labute approximate surface area is 154 Å². The number of nitrogens with zero attached hydrogens (tertiary/aromatic N) is 2. The third-order valence-corrected chi connectivity index (χ3v) is 5.09. The van der Waals surface area contributed by atoms with E-state index in [0.29, 0.717) is 17.9 Å². The van der Waals surface area contributed by atoms with Crippen LogP contribution in [0.1, 0.15) is 28.1 Å². The van der Waals surface area contributed by atoms with Crippen LogP contribution in [0.15, 0.2) is 54.3 Å². The normalized spacial score (nSPS) is 13.4. The standard InChI is InChI=1S/C19H18N4O2S/c24-18(20-10-16-2-1-9-26-16)13-5-7-15(8-6-13)23-11-17(21-12-23)22-19(25)14-3-4-14/h1-2,5-9,11-12,14H,3-4,10H2,(H,20,24)(H,22,25). The number of hydrogen-bond acceptors (Lipinski definition) is 4. The SMILES string of the molecule is O=C(NCc1cccs1)c1ccc(-n2cnc(NC(=O)C3CC3)c2)cc1. The van der Waals surface area contributed by atoms with Gasteiger partial charge in [0.25, 0.3) is 5.91 Å². The summed E-state index contributed by atoms with van der Waals surface area (Å²) in [7, 11) is 0. The molecular formula is C19H18N4O2S. The maximum Gasteiger partial charge on any atom is 0.251 e. The summed E-state index contributed by atoms with van der Waals surface area (Å²) in [6.07, 6.45) is 5.34. The summed E-state index contributed by atoms with van der Waals surface area (Å²) in [6, 6.07) is 11.2. The molecule has 0 radical (unpaired) electrons. The summed E-state index contributed by atoms with van der Waals surface area (Å²) < 4.78 is 1.82. The number of thiophene rings is 1. The zero-order chi connectivity index (χ0) is 17.9. The van der Waals surface area contributed by atoms with Crippen LogP contribution < -0.4 is 10.6 Å². The van der Waals surface area contributed by atoms with Crippen molar-refractivity contribution < 1.29 is 9.59 Å². The van der Waals surface area contributed by atoms with Gasteiger partial charge >= 0.3 is 0 Å². The Morgan fingerprint density at radius 2 is 2.00 bits per heavy atom. The molecule has 2 aromatic heterocycles. The molecule has 0 atom stereocenters. The average Bonchev–Trinajstić information content (AvgIpc) is 3.19. The first-order valence-electron chi connectivity index (χ1n) is 8.45. The second-order valence-corrected chi connectivity index (χ2v) is 7.27. The fraction of sp³-hybridized carbons (Fsp3) is 0.211. The second kappa shape index (κ2) is 7.13. The Hall–Kier alpha value is -2.93. The quantitative estimate of drug-likeness (QED) is 0.703. The lowest BCUT2D eigenvalue weighted by Crippen LogP contribution is -2.22. The van der Waals surface area contributed by atoms with Gasteiger partial charge in [-0.05, 0) is 48.6 Å². The van der Waals surface area contributed by atoms with Gasteiger partial charge in [-0.1, -0.05) is 6.07 Å². The minimum absolute atomic E-state index is 0.0352. The van der Waals surface area contributed by atoms with Gasteiger partial charge in [0.2, 0.25) is 5.91 Å². The number of carbonyl (C=O) groups is 2. The highest BCUT2D eigenvalue weighted by atomic mass is 32.1. The highest BCUT2D eigenvalue weighted by Crippen LogP contribution is 2.30. The molecule has 0 spiro atoms. The summed E-state index contributed by atoms with van der Waals surface area (Å²) in [5.41, 5.74) is 1.48. The molecule has 0 saturated heterocycles. The van der Waals surface area contributed by atoms with E-state index in [-0.39, 0.29) is 17.7 Å². The first-order valence-corrected chi connectivity index (χ1v) is 9.33. The van der Waals surface area contributed by atoms with E-state index in [9.17, 15) is 9.59 Å². The smallest absolute Gasteiger partial charge is 0.251 e. The molecular weight excluding hydrogens is 348 g/mol. The molecule has 1 saturated carbocycles. The van der Waals surface area contributed by atoms with Crippen molar-refractivity contribution in [1.82, 2.24) is 14.9 Å². The number of benzene rings is 1. The summed E-state index contributed by atoms with van der Waals surface area (Å²) in [6.45, 7) is 0.532. The van der Waals surface area contributed by atoms with E-state index >= 15 is 0 Å². The predicted octanol–water partition coefficient (Wildman–Crippen LogP) is 3.21. The summed E-state index contributed by atoms with van der Waals surface area (Å²) in [4.78, 5) is 29.3. The van der Waals surface area contributed by atoms with Crippen LogP contribution in [-0.2, 0) is 11.3 Å². The third kappa shape index (κ3) is 3.83. The van der Waals surface area contributed by atoms with Crippen LogP contribution in [0, 0.1) is 5.92 Å². The van der Waals surface area contributed by atoms with Gasteiger partial charge in [-0.3, -0.25) is 9.59 Å². The van der Waals surface area contributed by atoms with Gasteiger partial charge in [-0.2, -0.15) is 0 Å². The largest absolute Gasteiger partial charge is 0.347 e. The molecule has 0 unspecified atom stereocenters. The molecule has 1 aliphatic carbocycles. The molecule has 132 valence electrons. The highest BCUT2D eigenvalue weighted by molar-refractivity contribution is 7.09. The number of aromatic nitrogens is 2. The van der Waals surface area contributed by atoms with E-state index in [1.807, 2.05) is 34.2 Å². The molecule has 7 heteroatoms. The van der Waals surface area contributed by atoms with Gasteiger partial charge < -0.3 is 15.2 Å². The number of carbonyl (C=O) groups excluding carboxylic acids is 2. The Morgan fingerprint density at radius 1 is 1.19 bits per heavy atom. The summed E-state index contributed by atoms with van der Waals surface area (Å²) in [5, 5.41) is 7.72. The van der Waals surface area contributed by atoms with Crippen molar-refractivity contribution in [2.24, 2.45) is 5.92 Å². The summed E-state index contributed by atoms with van der Waals surface area (Å²) in [5.74, 6) is 0.618. The maximum absolute atomic E-state index is 12.2. The van der Waals surface area contributed by atoms with Crippen LogP contribution in [0.2, 0.25) is 0 Å². The van der Waals surface area contributed by atoms with Crippen molar-refractivity contribution in [3.63, 3.8) is 0 Å². The van der Waals surface area contributed by atoms with Crippen LogP contribution in [0.4, 0.5) is 5.82 Å². The molecule has 1 aromatic carbocycles. The van der Waals surface area contributed by atoms with Crippen molar-refractivity contribution in [2.45, 2.75) is 19.4 Å². The van der Waals surface area contributed by atoms with Gasteiger partial charge in [0.15, 0.2) is 5.82 Å². The zero-order valence-electron chi connectivity index (χ0n) is 14.0. The molecule has 2 heterocycles. The van der Waals surface area contributed by atoms with E-state index in [2.05, 4.69) is 15.6 Å². The average molecular weight is 366 g/mol. The van der Waals surface area contributed by atoms with Crippen LogP contribution in [0.25, 0.3) is 5.69 Å². The van der Waals surface area contributed by atoms with E-state index in [0.717, 1.165) is 23.4 Å². The predicted molar refractivity (Wildman–Crippen MR) is 100 cm³/mol. The van der Waals surface area contributed by atoms with Gasteiger partial charge in [-0.15, -0.1) is 11.3 Å². The van der Waals surface area contributed by atoms with Gasteiger partial charge in [-0.25, -0.2) is 4.98 Å². The first kappa shape index (κ1) is 16.5. The maximum atomic E-state index is 12.2. The van der Waals surface area contributed by atoms with Crippen molar-refractivity contribution >= 4 is 29.0 Å². The highest BCUT2D eigenvalue weighted by Gasteiger charge is 2.29. The summed E-state index contributed by atoms with van der Waals surface area (Å²) >= 11 is 1.62. The fourth-order valence-corrected chi connectivity index (χ4v) is 3.21. The topological polar surface area (TPSA) is 76.0 Å². The van der Waals surface area contributed by atoms with Crippen molar-refractivity contribution in [1.29, 1.82) is 0 Å². The zero-order valence-corrected chi connectivity index (χ0v) is 14.8. The first-order chi connectivity index (χ1) is 12.7. The number of hydrogen-bond donors (Lipinski definition) is 2. The molecule has 3 aromatic rings. The number of nitrogens with one attached hydrogen (secondary N) is 2. The lowest BCUT2D eigenvalue weighted by atomic mass is 10.2. The molecule has 1 fully saturated rings. The van der Waals surface area contributed by atoms with Gasteiger partial charge in [0.1, 0.15) is 6.33 Å². The number of imidazole rings is 1. The second-order valence-electron chi connectivity index (χ2n) is 6.24. The molecule has 4 rings (SSSR count). The van der Waals surface area contributed by atoms with Crippen LogP contribution in [0.5, 0.6) is 0 Å². The minimum Gasteiger partial charge on any atom is -0.347 e. The van der Waals surface area contributed by atoms with E-state index in [4.69, 9.17) is 0 Å². The number of amides is 2. The lowest BCUT2D eigenvalue weighted by Gasteiger charge is -2.06. The molecule has 2 N–H and O–H groups in total. The third-order valence-electron chi connectivity index (χ3n) is 4.21. The molecule has 2 amide bonds. The van der Waals surface area contributed by atoms with Gasteiger partial charge in [0.05, 0.1) is 12.7 Å². The fourth-order valence-electron chi connectivity index (χ4n) is 2.57. The molecule has 0 aliphatic heterocycles. The van der Waals surface area contributed by atoms with Crippen molar-refractivity contribution in [2.75, 3.05) is 5.32 Å². The molecule has 1 aliphatic rings. The van der Waals surface area contributed by atoms with E-state index in [1.54, 1.807) is 36.0 Å².